The Labute approximate surface area is 95.6 Å². The molecule has 1 N–H and O–H groups in total. The van der Waals surface area contributed by atoms with Crippen LogP contribution in [0.3, 0.4) is 0 Å². The van der Waals surface area contributed by atoms with Gasteiger partial charge < -0.3 is 9.72 Å². The number of nitrogens with one attached hydrogen (secondary N) is 1. The van der Waals surface area contributed by atoms with E-state index in [9.17, 15) is 0 Å². The first kappa shape index (κ1) is 9.76. The zero-order chi connectivity index (χ0) is 11.3. The van der Waals surface area contributed by atoms with Crippen LogP contribution in [0.5, 0.6) is 5.75 Å². The normalized spacial score (nSPS) is 17.7. The second-order valence-corrected chi connectivity index (χ2v) is 5.25. The van der Waals surface area contributed by atoms with Gasteiger partial charge in [0.2, 0.25) is 0 Å². The van der Waals surface area contributed by atoms with Gasteiger partial charge in [0.05, 0.1) is 12.6 Å². The molecule has 1 aliphatic carbocycles. The summed E-state index contributed by atoms with van der Waals surface area (Å²) < 4.78 is 5.40. The number of fused-ring (bicyclic) bond motifs is 3. The minimum absolute atomic E-state index is 0.277. The Morgan fingerprint density at radius 2 is 2.12 bits per heavy atom. The van der Waals surface area contributed by atoms with E-state index in [2.05, 4.69) is 31.0 Å². The zero-order valence-electron chi connectivity index (χ0n) is 10.1. The summed E-state index contributed by atoms with van der Waals surface area (Å²) in [5.74, 6) is 0.947. The fraction of sp³-hybridized carbons (Fsp3) is 0.429. The molecule has 0 saturated heterocycles. The Balaban J connectivity index is 2.34. The maximum atomic E-state index is 5.40. The second kappa shape index (κ2) is 3.03. The van der Waals surface area contributed by atoms with Crippen LogP contribution in [0.15, 0.2) is 18.2 Å². The van der Waals surface area contributed by atoms with Crippen molar-refractivity contribution >= 4 is 10.9 Å². The highest BCUT2D eigenvalue weighted by Crippen LogP contribution is 2.43. The summed E-state index contributed by atoms with van der Waals surface area (Å²) in [5, 5.41) is 1.33. The molecule has 1 heterocycles. The van der Waals surface area contributed by atoms with Gasteiger partial charge >= 0.3 is 0 Å². The van der Waals surface area contributed by atoms with Crippen molar-refractivity contribution in [1.82, 2.24) is 4.98 Å². The summed E-state index contributed by atoms with van der Waals surface area (Å²) >= 11 is 0. The lowest BCUT2D eigenvalue weighted by Crippen LogP contribution is -2.12. The quantitative estimate of drug-likeness (QED) is 0.774. The fourth-order valence-electron chi connectivity index (χ4n) is 2.82. The Bertz CT molecular complexity index is 551. The van der Waals surface area contributed by atoms with Gasteiger partial charge in [-0.1, -0.05) is 26.0 Å². The number of H-pyrrole nitrogens is 1. The number of para-hydroxylation sites is 1. The van der Waals surface area contributed by atoms with E-state index in [1.165, 1.54) is 29.5 Å². The minimum Gasteiger partial charge on any atom is -0.495 e. The molecule has 84 valence electrons. The standard InChI is InChI=1S/C14H17NO/c1-14(2)8-7-10-9-5-4-6-11(16-3)12(9)15-13(10)14/h4-6,15H,7-8H2,1-3H3. The molecule has 1 aromatic heterocycles. The fourth-order valence-corrected chi connectivity index (χ4v) is 2.82. The van der Waals surface area contributed by atoms with Gasteiger partial charge in [0.15, 0.2) is 0 Å². The first-order valence-corrected chi connectivity index (χ1v) is 5.81. The molecule has 0 atom stereocenters. The lowest BCUT2D eigenvalue weighted by molar-refractivity contribution is 0.418. The van der Waals surface area contributed by atoms with Crippen LogP contribution in [-0.2, 0) is 11.8 Å². The number of rotatable bonds is 1. The monoisotopic (exact) mass is 215 g/mol. The summed E-state index contributed by atoms with van der Waals surface area (Å²) in [6.45, 7) is 4.61. The van der Waals surface area contributed by atoms with E-state index in [-0.39, 0.29) is 5.41 Å². The van der Waals surface area contributed by atoms with Gasteiger partial charge in [0.25, 0.3) is 0 Å². The number of aromatic amines is 1. The number of aryl methyl sites for hydroxylation is 1. The van der Waals surface area contributed by atoms with E-state index < -0.39 is 0 Å². The first-order valence-electron chi connectivity index (χ1n) is 5.81. The lowest BCUT2D eigenvalue weighted by Gasteiger charge is -2.16. The molecule has 0 amide bonds. The minimum atomic E-state index is 0.277. The SMILES string of the molecule is COc1cccc2c3c([nH]c12)C(C)(C)CC3. The van der Waals surface area contributed by atoms with E-state index in [1.807, 2.05) is 6.07 Å². The number of hydrogen-bond acceptors (Lipinski definition) is 1. The van der Waals surface area contributed by atoms with Gasteiger partial charge in [-0.2, -0.15) is 0 Å². The Morgan fingerprint density at radius 1 is 1.31 bits per heavy atom. The third-order valence-corrected chi connectivity index (χ3v) is 3.80. The number of hydrogen-bond donors (Lipinski definition) is 1. The van der Waals surface area contributed by atoms with E-state index in [1.54, 1.807) is 7.11 Å². The van der Waals surface area contributed by atoms with Gasteiger partial charge in [-0.3, -0.25) is 0 Å². The maximum absolute atomic E-state index is 5.40. The summed E-state index contributed by atoms with van der Waals surface area (Å²) in [6, 6.07) is 6.27. The topological polar surface area (TPSA) is 25.0 Å². The lowest BCUT2D eigenvalue weighted by atomic mass is 9.91. The van der Waals surface area contributed by atoms with Crippen LogP contribution in [0.25, 0.3) is 10.9 Å². The summed E-state index contributed by atoms with van der Waals surface area (Å²) in [7, 11) is 1.73. The van der Waals surface area contributed by atoms with E-state index in [0.717, 1.165) is 11.3 Å². The van der Waals surface area contributed by atoms with E-state index >= 15 is 0 Å². The van der Waals surface area contributed by atoms with Crippen LogP contribution >= 0.6 is 0 Å². The van der Waals surface area contributed by atoms with Crippen molar-refractivity contribution in [3.63, 3.8) is 0 Å². The smallest absolute Gasteiger partial charge is 0.142 e. The van der Waals surface area contributed by atoms with E-state index in [0.29, 0.717) is 0 Å². The molecule has 1 aromatic carbocycles. The molecule has 0 spiro atoms. The van der Waals surface area contributed by atoms with Crippen LogP contribution in [0, 0.1) is 0 Å². The molecule has 2 heteroatoms. The van der Waals surface area contributed by atoms with Crippen LogP contribution in [0.2, 0.25) is 0 Å². The van der Waals surface area contributed by atoms with Gasteiger partial charge in [-0.05, 0) is 24.5 Å². The molecule has 2 aromatic rings. The highest BCUT2D eigenvalue weighted by Gasteiger charge is 2.33. The molecule has 16 heavy (non-hydrogen) atoms. The molecule has 0 radical (unpaired) electrons. The van der Waals surface area contributed by atoms with Gasteiger partial charge in [0.1, 0.15) is 5.75 Å². The molecule has 2 nitrogen and oxygen atoms in total. The van der Waals surface area contributed by atoms with Crippen LogP contribution < -0.4 is 4.74 Å². The molecular formula is C14H17NO. The maximum Gasteiger partial charge on any atom is 0.142 e. The summed E-state index contributed by atoms with van der Waals surface area (Å²) in [6.07, 6.45) is 2.41. The number of benzene rings is 1. The molecule has 0 saturated carbocycles. The van der Waals surface area contributed by atoms with Crippen molar-refractivity contribution in [1.29, 1.82) is 0 Å². The Kier molecular flexibility index (Phi) is 1.85. The van der Waals surface area contributed by atoms with Gasteiger partial charge in [-0.25, -0.2) is 0 Å². The average molecular weight is 215 g/mol. The largest absolute Gasteiger partial charge is 0.495 e. The molecule has 0 aliphatic heterocycles. The number of ether oxygens (including phenoxy) is 1. The molecular weight excluding hydrogens is 198 g/mol. The predicted octanol–water partition coefficient (Wildman–Crippen LogP) is 3.40. The summed E-state index contributed by atoms with van der Waals surface area (Å²) in [5.41, 5.74) is 4.31. The van der Waals surface area contributed by atoms with Crippen molar-refractivity contribution in [3.05, 3.63) is 29.5 Å². The van der Waals surface area contributed by atoms with Crippen LogP contribution in [0.4, 0.5) is 0 Å². The van der Waals surface area contributed by atoms with Crippen molar-refractivity contribution in [2.45, 2.75) is 32.1 Å². The van der Waals surface area contributed by atoms with Crippen molar-refractivity contribution in [3.8, 4) is 5.75 Å². The Hall–Kier alpha value is -1.44. The van der Waals surface area contributed by atoms with Crippen molar-refractivity contribution < 1.29 is 4.74 Å². The third kappa shape index (κ3) is 1.13. The molecule has 1 aliphatic rings. The van der Waals surface area contributed by atoms with Crippen LogP contribution in [-0.4, -0.2) is 12.1 Å². The average Bonchev–Trinajstić information content (AvgIpc) is 2.77. The van der Waals surface area contributed by atoms with E-state index in [4.69, 9.17) is 4.74 Å². The van der Waals surface area contributed by atoms with Crippen molar-refractivity contribution in [2.75, 3.05) is 7.11 Å². The molecule has 0 bridgehead atoms. The second-order valence-electron chi connectivity index (χ2n) is 5.25. The summed E-state index contributed by atoms with van der Waals surface area (Å²) in [4.78, 5) is 3.56. The van der Waals surface area contributed by atoms with Crippen molar-refractivity contribution in [2.24, 2.45) is 0 Å². The predicted molar refractivity (Wildman–Crippen MR) is 66.2 cm³/mol. The highest BCUT2D eigenvalue weighted by molar-refractivity contribution is 5.90. The molecule has 3 rings (SSSR count). The van der Waals surface area contributed by atoms with Gasteiger partial charge in [-0.15, -0.1) is 0 Å². The molecule has 0 unspecified atom stereocenters. The highest BCUT2D eigenvalue weighted by atomic mass is 16.5. The number of aromatic nitrogens is 1. The Morgan fingerprint density at radius 3 is 2.88 bits per heavy atom. The molecule has 0 fully saturated rings. The number of methoxy groups -OCH3 is 1. The van der Waals surface area contributed by atoms with Gasteiger partial charge in [0, 0.05) is 16.5 Å². The first-order chi connectivity index (χ1) is 7.63. The third-order valence-electron chi connectivity index (χ3n) is 3.80. The zero-order valence-corrected chi connectivity index (χ0v) is 10.1. The van der Waals surface area contributed by atoms with Crippen LogP contribution in [0.1, 0.15) is 31.5 Å².